The van der Waals surface area contributed by atoms with E-state index in [2.05, 4.69) is 5.32 Å². The minimum absolute atomic E-state index is 0.245. The molecule has 1 N–H and O–H groups in total. The molecule has 0 heterocycles. The van der Waals surface area contributed by atoms with Crippen molar-refractivity contribution in [2.45, 2.75) is 39.3 Å². The number of hydrogen-bond acceptors (Lipinski definition) is 3. The molecule has 0 bridgehead atoms. The fourth-order valence-corrected chi connectivity index (χ4v) is 1.67. The number of nitrogens with one attached hydrogen (secondary N) is 1. The minimum Gasteiger partial charge on any atom is -0.449 e. The molecule has 1 atom stereocenters. The Morgan fingerprint density at radius 2 is 1.80 bits per heavy atom. The summed E-state index contributed by atoms with van der Waals surface area (Å²) in [6.07, 6.45) is -0.892. The third kappa shape index (κ3) is 5.02. The predicted octanol–water partition coefficient (Wildman–Crippen LogP) is 3.45. The van der Waals surface area contributed by atoms with E-state index in [4.69, 9.17) is 27.9 Å². The van der Waals surface area contributed by atoms with Crippen LogP contribution in [0.3, 0.4) is 0 Å². The molecule has 1 aromatic rings. The molecule has 0 spiro atoms. The predicted molar refractivity (Wildman–Crippen MR) is 79.2 cm³/mol. The van der Waals surface area contributed by atoms with E-state index >= 15 is 0 Å². The van der Waals surface area contributed by atoms with Crippen LogP contribution >= 0.6 is 23.2 Å². The maximum absolute atomic E-state index is 11.9. The second-order valence-corrected chi connectivity index (χ2v) is 6.23. The molecule has 0 aromatic heterocycles. The Morgan fingerprint density at radius 3 is 2.30 bits per heavy atom. The number of carbonyl (C=O) groups excluding carboxylic acids is 2. The summed E-state index contributed by atoms with van der Waals surface area (Å²) >= 11 is 11.6. The molecule has 4 nitrogen and oxygen atoms in total. The van der Waals surface area contributed by atoms with Crippen LogP contribution in [0.1, 0.15) is 38.1 Å². The fourth-order valence-electron chi connectivity index (χ4n) is 1.38. The van der Waals surface area contributed by atoms with Crippen LogP contribution in [0.4, 0.5) is 0 Å². The molecule has 1 amide bonds. The van der Waals surface area contributed by atoms with Crippen molar-refractivity contribution in [1.29, 1.82) is 0 Å². The highest BCUT2D eigenvalue weighted by molar-refractivity contribution is 6.42. The standard InChI is InChI=1S/C14H17Cl2NO3/c1-8(12(18)17-14(2,3)4)20-13(19)9-5-6-10(15)11(16)7-9/h5-8H,1-4H3,(H,17,18)/t8-/m0/s1. The average Bonchev–Trinajstić information content (AvgIpc) is 2.30. The van der Waals surface area contributed by atoms with Gasteiger partial charge in [0.1, 0.15) is 0 Å². The number of carbonyl (C=O) groups is 2. The van der Waals surface area contributed by atoms with Gasteiger partial charge in [-0.3, -0.25) is 4.79 Å². The summed E-state index contributed by atoms with van der Waals surface area (Å²) in [5.41, 5.74) is -0.142. The number of hydrogen-bond donors (Lipinski definition) is 1. The van der Waals surface area contributed by atoms with Gasteiger partial charge in [0, 0.05) is 5.54 Å². The Morgan fingerprint density at radius 1 is 1.20 bits per heavy atom. The molecule has 0 fully saturated rings. The van der Waals surface area contributed by atoms with Crippen LogP contribution in [-0.4, -0.2) is 23.5 Å². The van der Waals surface area contributed by atoms with Crippen LogP contribution in [0.5, 0.6) is 0 Å². The van der Waals surface area contributed by atoms with Crippen molar-refractivity contribution < 1.29 is 14.3 Å². The molecular weight excluding hydrogens is 301 g/mol. The Kier molecular flexibility index (Phi) is 5.42. The number of halogens is 2. The Balaban J connectivity index is 2.70. The van der Waals surface area contributed by atoms with Gasteiger partial charge >= 0.3 is 5.97 Å². The summed E-state index contributed by atoms with van der Waals surface area (Å²) in [7, 11) is 0. The largest absolute Gasteiger partial charge is 0.449 e. The van der Waals surface area contributed by atoms with Crippen molar-refractivity contribution in [3.8, 4) is 0 Å². The zero-order valence-corrected chi connectivity index (χ0v) is 13.3. The number of benzene rings is 1. The van der Waals surface area contributed by atoms with E-state index in [9.17, 15) is 9.59 Å². The van der Waals surface area contributed by atoms with Crippen LogP contribution < -0.4 is 5.32 Å². The molecule has 0 aliphatic rings. The van der Waals surface area contributed by atoms with E-state index < -0.39 is 12.1 Å². The van der Waals surface area contributed by atoms with E-state index in [0.29, 0.717) is 5.02 Å². The molecule has 1 rings (SSSR count). The zero-order chi connectivity index (χ0) is 15.5. The van der Waals surface area contributed by atoms with E-state index in [1.807, 2.05) is 20.8 Å². The molecule has 0 saturated carbocycles. The summed E-state index contributed by atoms with van der Waals surface area (Å²) < 4.78 is 5.09. The lowest BCUT2D eigenvalue weighted by atomic mass is 10.1. The first-order valence-corrected chi connectivity index (χ1v) is 6.84. The van der Waals surface area contributed by atoms with Gasteiger partial charge in [0.15, 0.2) is 6.10 Å². The van der Waals surface area contributed by atoms with E-state index in [1.54, 1.807) is 0 Å². The maximum Gasteiger partial charge on any atom is 0.338 e. The summed E-state index contributed by atoms with van der Waals surface area (Å²) in [4.78, 5) is 23.7. The lowest BCUT2D eigenvalue weighted by molar-refractivity contribution is -0.130. The second-order valence-electron chi connectivity index (χ2n) is 5.42. The average molecular weight is 318 g/mol. The molecule has 20 heavy (non-hydrogen) atoms. The molecule has 0 aliphatic carbocycles. The summed E-state index contributed by atoms with van der Waals surface area (Å²) in [6, 6.07) is 4.39. The lowest BCUT2D eigenvalue weighted by Gasteiger charge is -2.23. The topological polar surface area (TPSA) is 55.4 Å². The van der Waals surface area contributed by atoms with E-state index in [1.165, 1.54) is 25.1 Å². The minimum atomic E-state index is -0.892. The van der Waals surface area contributed by atoms with Gasteiger partial charge in [0.25, 0.3) is 5.91 Å². The molecular formula is C14H17Cl2NO3. The molecule has 6 heteroatoms. The van der Waals surface area contributed by atoms with Crippen LogP contribution in [-0.2, 0) is 9.53 Å². The second kappa shape index (κ2) is 6.46. The Bertz CT molecular complexity index is 524. The highest BCUT2D eigenvalue weighted by Gasteiger charge is 2.23. The first-order chi connectivity index (χ1) is 9.10. The molecule has 110 valence electrons. The number of rotatable bonds is 3. The van der Waals surface area contributed by atoms with Gasteiger partial charge in [0.05, 0.1) is 15.6 Å². The highest BCUT2D eigenvalue weighted by Crippen LogP contribution is 2.23. The van der Waals surface area contributed by atoms with Gasteiger partial charge in [-0.05, 0) is 45.9 Å². The van der Waals surface area contributed by atoms with Crippen molar-refractivity contribution in [3.05, 3.63) is 33.8 Å². The van der Waals surface area contributed by atoms with Crippen LogP contribution in [0, 0.1) is 0 Å². The highest BCUT2D eigenvalue weighted by atomic mass is 35.5. The van der Waals surface area contributed by atoms with Crippen molar-refractivity contribution in [3.63, 3.8) is 0 Å². The van der Waals surface area contributed by atoms with Crippen molar-refractivity contribution in [2.24, 2.45) is 0 Å². The molecule has 0 saturated heterocycles. The molecule has 1 aromatic carbocycles. The monoisotopic (exact) mass is 317 g/mol. The summed E-state index contributed by atoms with van der Waals surface area (Å²) in [6.45, 7) is 7.05. The van der Waals surface area contributed by atoms with Crippen molar-refractivity contribution in [2.75, 3.05) is 0 Å². The summed E-state index contributed by atoms with van der Waals surface area (Å²) in [5, 5.41) is 3.34. The number of ether oxygens (including phenoxy) is 1. The zero-order valence-electron chi connectivity index (χ0n) is 11.8. The van der Waals surface area contributed by atoms with E-state index in [0.717, 1.165) is 0 Å². The quantitative estimate of drug-likeness (QED) is 0.869. The third-order valence-electron chi connectivity index (χ3n) is 2.31. The van der Waals surface area contributed by atoms with Gasteiger partial charge in [-0.2, -0.15) is 0 Å². The lowest BCUT2D eigenvalue weighted by Crippen LogP contribution is -2.46. The summed E-state index contributed by atoms with van der Waals surface area (Å²) in [5.74, 6) is -0.981. The molecule has 0 unspecified atom stereocenters. The number of esters is 1. The Labute approximate surface area is 128 Å². The smallest absolute Gasteiger partial charge is 0.338 e. The fraction of sp³-hybridized carbons (Fsp3) is 0.429. The van der Waals surface area contributed by atoms with Gasteiger partial charge in [-0.1, -0.05) is 23.2 Å². The van der Waals surface area contributed by atoms with Crippen LogP contribution in [0.25, 0.3) is 0 Å². The van der Waals surface area contributed by atoms with Crippen LogP contribution in [0.15, 0.2) is 18.2 Å². The normalized spacial score (nSPS) is 12.7. The van der Waals surface area contributed by atoms with Gasteiger partial charge in [-0.25, -0.2) is 4.79 Å². The Hall–Kier alpha value is -1.26. The van der Waals surface area contributed by atoms with E-state index in [-0.39, 0.29) is 22.0 Å². The maximum atomic E-state index is 11.9. The number of amides is 1. The SMILES string of the molecule is C[C@H](OC(=O)c1ccc(Cl)c(Cl)c1)C(=O)NC(C)(C)C. The van der Waals surface area contributed by atoms with Gasteiger partial charge < -0.3 is 10.1 Å². The first-order valence-electron chi connectivity index (χ1n) is 6.08. The van der Waals surface area contributed by atoms with Gasteiger partial charge in [-0.15, -0.1) is 0 Å². The van der Waals surface area contributed by atoms with Crippen molar-refractivity contribution >= 4 is 35.1 Å². The molecule has 0 aliphatic heterocycles. The third-order valence-corrected chi connectivity index (χ3v) is 3.05. The van der Waals surface area contributed by atoms with Crippen LogP contribution in [0.2, 0.25) is 10.0 Å². The van der Waals surface area contributed by atoms with Gasteiger partial charge in [0.2, 0.25) is 0 Å². The van der Waals surface area contributed by atoms with Crippen molar-refractivity contribution in [1.82, 2.24) is 5.32 Å². The molecule has 0 radical (unpaired) electrons. The first kappa shape index (κ1) is 16.8.